The van der Waals surface area contributed by atoms with Gasteiger partial charge in [-0.05, 0) is 0 Å². The van der Waals surface area contributed by atoms with E-state index in [9.17, 15) is 0 Å². The molecule has 2 aliphatic carbocycles. The molecule has 4 aromatic carbocycles. The van der Waals surface area contributed by atoms with Gasteiger partial charge < -0.3 is 24.8 Å². The van der Waals surface area contributed by atoms with Gasteiger partial charge in [-0.3, -0.25) is 0 Å². The summed E-state index contributed by atoms with van der Waals surface area (Å²) in [7, 11) is 0. The van der Waals surface area contributed by atoms with Crippen molar-refractivity contribution in [1.82, 2.24) is 0 Å². The van der Waals surface area contributed by atoms with E-state index in [0.29, 0.717) is 9.54 Å². The van der Waals surface area contributed by atoms with Crippen molar-refractivity contribution in [3.63, 3.8) is 0 Å². The molecule has 51 heavy (non-hydrogen) atoms. The second-order valence-electron chi connectivity index (χ2n) is 17.9. The molecule has 0 fully saturated rings. The Morgan fingerprint density at radius 2 is 1.00 bits per heavy atom. The third kappa shape index (κ3) is 7.98. The van der Waals surface area contributed by atoms with E-state index in [1.54, 1.807) is 28.8 Å². The van der Waals surface area contributed by atoms with Crippen LogP contribution in [0.1, 0.15) is 131 Å². The minimum Gasteiger partial charge on any atom is -1.00 e. The SMILES string of the molecule is CCC1=[C]([Zr+2](=[C](c2ccc(C)cc2)c2ccc(C)cc2)[CH]2c3ccc(C(C)(C)C)cc3-c3cc(C(C)(C)C)ccc32)C(C)C=C1C(C)(C)C.[Cl-].[Cl-]. The number of allylic oxidation sites excluding steroid dienone is 4. The molecule has 0 aromatic heterocycles. The fourth-order valence-corrected chi connectivity index (χ4v) is 18.4. The Balaban J connectivity index is 0.00000292. The molecule has 0 radical (unpaired) electrons. The first kappa shape index (κ1) is 41.4. The Morgan fingerprint density at radius 3 is 1.35 bits per heavy atom. The summed E-state index contributed by atoms with van der Waals surface area (Å²) in [5.74, 6) is 0.430. The van der Waals surface area contributed by atoms with E-state index in [1.807, 2.05) is 0 Å². The van der Waals surface area contributed by atoms with Crippen LogP contribution < -0.4 is 24.8 Å². The zero-order valence-corrected chi connectivity index (χ0v) is 37.2. The fraction of sp³-hybridized carbons (Fsp3) is 0.396. The molecule has 4 aromatic rings. The summed E-state index contributed by atoms with van der Waals surface area (Å²) >= 11 is -2.94. The second kappa shape index (κ2) is 15.2. The first-order valence-electron chi connectivity index (χ1n) is 18.5. The minimum atomic E-state index is -2.94. The summed E-state index contributed by atoms with van der Waals surface area (Å²) in [6.45, 7) is 30.7. The largest absolute Gasteiger partial charge is 1.00 e. The number of hydrogen-bond acceptors (Lipinski definition) is 0. The van der Waals surface area contributed by atoms with Crippen LogP contribution in [0.4, 0.5) is 0 Å². The Morgan fingerprint density at radius 1 is 0.588 bits per heavy atom. The van der Waals surface area contributed by atoms with Crippen molar-refractivity contribution in [3.8, 4) is 11.1 Å². The van der Waals surface area contributed by atoms with Crippen molar-refractivity contribution in [2.24, 2.45) is 11.3 Å². The smallest absolute Gasteiger partial charge is 1.00 e. The molecular formula is C48H58Cl2Zr. The topological polar surface area (TPSA) is 0 Å². The van der Waals surface area contributed by atoms with Gasteiger partial charge in [0.25, 0.3) is 0 Å². The summed E-state index contributed by atoms with van der Waals surface area (Å²) < 4.78 is 3.83. The number of hydrogen-bond donors (Lipinski definition) is 0. The monoisotopic (exact) mass is 794 g/mol. The quantitative estimate of drug-likeness (QED) is 0.202. The Kier molecular flexibility index (Phi) is 12.4. The van der Waals surface area contributed by atoms with Gasteiger partial charge in [0.05, 0.1) is 0 Å². The number of fused-ring (bicyclic) bond motifs is 3. The molecule has 0 amide bonds. The molecule has 0 heterocycles. The van der Waals surface area contributed by atoms with Gasteiger partial charge in [0.1, 0.15) is 0 Å². The van der Waals surface area contributed by atoms with Crippen molar-refractivity contribution in [3.05, 3.63) is 150 Å². The van der Waals surface area contributed by atoms with Gasteiger partial charge in [-0.15, -0.1) is 0 Å². The van der Waals surface area contributed by atoms with Gasteiger partial charge in [-0.1, -0.05) is 0 Å². The summed E-state index contributed by atoms with van der Waals surface area (Å²) in [6.07, 6.45) is 3.74. The summed E-state index contributed by atoms with van der Waals surface area (Å²) in [5.41, 5.74) is 17.9. The molecule has 0 aliphatic heterocycles. The third-order valence-electron chi connectivity index (χ3n) is 11.0. The van der Waals surface area contributed by atoms with Crippen LogP contribution in [-0.2, 0) is 32.1 Å². The van der Waals surface area contributed by atoms with E-state index >= 15 is 0 Å². The van der Waals surface area contributed by atoms with Crippen LogP contribution in [-0.4, -0.2) is 3.21 Å². The van der Waals surface area contributed by atoms with Crippen LogP contribution in [0.25, 0.3) is 11.1 Å². The number of aryl methyl sites for hydroxylation is 2. The molecule has 0 spiro atoms. The maximum absolute atomic E-state index is 2.94. The molecule has 2 aliphatic rings. The molecule has 0 N–H and O–H groups in total. The molecule has 0 bridgehead atoms. The van der Waals surface area contributed by atoms with Crippen LogP contribution in [0.15, 0.2) is 105 Å². The molecular weight excluding hydrogens is 739 g/mol. The van der Waals surface area contributed by atoms with Gasteiger partial charge in [-0.2, -0.15) is 0 Å². The molecule has 0 nitrogen and oxygen atoms in total. The minimum absolute atomic E-state index is 0. The molecule has 3 heteroatoms. The molecule has 1 unspecified atom stereocenters. The first-order valence-corrected chi connectivity index (χ1v) is 22.4. The summed E-state index contributed by atoms with van der Waals surface area (Å²) in [4.78, 5) is 0. The predicted octanol–water partition coefficient (Wildman–Crippen LogP) is 7.15. The van der Waals surface area contributed by atoms with Crippen molar-refractivity contribution in [2.75, 3.05) is 0 Å². The number of rotatable bonds is 5. The van der Waals surface area contributed by atoms with Crippen molar-refractivity contribution in [2.45, 2.75) is 111 Å². The predicted molar refractivity (Wildman–Crippen MR) is 211 cm³/mol. The average molecular weight is 797 g/mol. The number of halogens is 2. The van der Waals surface area contributed by atoms with E-state index in [1.165, 1.54) is 44.5 Å². The Labute approximate surface area is 330 Å². The third-order valence-corrected chi connectivity index (χ3v) is 19.9. The second-order valence-corrected chi connectivity index (χ2v) is 23.9. The fourth-order valence-electron chi connectivity index (χ4n) is 8.19. The molecule has 1 atom stereocenters. The van der Waals surface area contributed by atoms with Crippen molar-refractivity contribution < 1.29 is 46.1 Å². The first-order chi connectivity index (χ1) is 22.9. The zero-order chi connectivity index (χ0) is 35.6. The van der Waals surface area contributed by atoms with Crippen LogP contribution in [0.5, 0.6) is 0 Å². The van der Waals surface area contributed by atoms with E-state index in [4.69, 9.17) is 0 Å². The van der Waals surface area contributed by atoms with E-state index in [-0.39, 0.29) is 41.1 Å². The van der Waals surface area contributed by atoms with Crippen LogP contribution >= 0.6 is 0 Å². The molecule has 6 rings (SSSR count). The summed E-state index contributed by atoms with van der Waals surface area (Å²) in [5, 5.41) is 0. The standard InChI is InChI=1S/C21H25.C15H14.C12H19.2ClH.Zr/c1-20(2,3)16-9-7-14-11-15-8-10-17(21(4,5)6)13-19(15)18(14)12-16;1-12-3-7-14(8-4-12)11-15-9-5-13(2)6-10-15;1-6-10-7-9(2)8-11(10)12(3,4)5;;;/h7-13H,1-6H3;3-10H,1-2H3;8-9H,6H2,1-5H3;2*1H;/q;;;;;+2/p-2. The van der Waals surface area contributed by atoms with Gasteiger partial charge in [0.15, 0.2) is 0 Å². The van der Waals surface area contributed by atoms with Gasteiger partial charge >= 0.3 is 308 Å². The molecule has 0 saturated heterocycles. The van der Waals surface area contributed by atoms with Crippen LogP contribution in [0.2, 0.25) is 0 Å². The van der Waals surface area contributed by atoms with Crippen molar-refractivity contribution in [1.29, 1.82) is 0 Å². The van der Waals surface area contributed by atoms with Crippen molar-refractivity contribution >= 4 is 3.21 Å². The van der Waals surface area contributed by atoms with Crippen LogP contribution in [0, 0.1) is 25.2 Å². The summed E-state index contributed by atoms with van der Waals surface area (Å²) in [6, 6.07) is 34.2. The molecule has 268 valence electrons. The maximum Gasteiger partial charge on any atom is -1.00 e. The maximum atomic E-state index is 2.65. The zero-order valence-electron chi connectivity index (χ0n) is 33.3. The van der Waals surface area contributed by atoms with E-state index in [0.717, 1.165) is 6.42 Å². The Hall–Kier alpha value is -2.31. The van der Waals surface area contributed by atoms with Gasteiger partial charge in [0, 0.05) is 0 Å². The van der Waals surface area contributed by atoms with E-state index < -0.39 is 21.3 Å². The normalized spacial score (nSPS) is 15.7. The average Bonchev–Trinajstić information content (AvgIpc) is 3.54. The van der Waals surface area contributed by atoms with Gasteiger partial charge in [0.2, 0.25) is 0 Å². The Bertz CT molecular complexity index is 1890. The molecule has 0 saturated carbocycles. The number of benzene rings is 4. The van der Waals surface area contributed by atoms with E-state index in [2.05, 4.69) is 181 Å². The van der Waals surface area contributed by atoms with Gasteiger partial charge in [-0.25, -0.2) is 0 Å². The van der Waals surface area contributed by atoms with Crippen LogP contribution in [0.3, 0.4) is 0 Å².